The molecule has 0 rings (SSSR count). The van der Waals surface area contributed by atoms with E-state index < -0.39 is 23.3 Å². The van der Waals surface area contributed by atoms with Gasteiger partial charge < -0.3 is 14.2 Å². The Hall–Kier alpha value is -0.230. The van der Waals surface area contributed by atoms with Gasteiger partial charge in [-0.25, -0.2) is 10.1 Å². The molecule has 11 heteroatoms. The Morgan fingerprint density at radius 2 is 1.74 bits per heavy atom. The summed E-state index contributed by atoms with van der Waals surface area (Å²) in [6.07, 6.45) is 0. The molecule has 0 atom stereocenters. The molecule has 0 unspecified atom stereocenters. The second-order valence-electron chi connectivity index (χ2n) is 2.79. The molecule has 114 valence electrons. The number of halogens is 3. The Morgan fingerprint density at radius 3 is 2.32 bits per heavy atom. The Morgan fingerprint density at radius 1 is 1.16 bits per heavy atom. The number of alkyl halides is 3. The van der Waals surface area contributed by atoms with Gasteiger partial charge >= 0.3 is 11.2 Å². The van der Waals surface area contributed by atoms with Gasteiger partial charge in [-0.1, -0.05) is 5.04 Å². The van der Waals surface area contributed by atoms with Crippen LogP contribution in [0.3, 0.4) is 0 Å². The van der Waals surface area contributed by atoms with Crippen LogP contribution in [-0.4, -0.2) is 55.4 Å². The van der Waals surface area contributed by atoms with E-state index in [1.54, 1.807) is 0 Å². The van der Waals surface area contributed by atoms with E-state index in [0.717, 1.165) is 0 Å². The Balaban J connectivity index is 3.52. The van der Waals surface area contributed by atoms with E-state index in [1.165, 1.54) is 0 Å². The van der Waals surface area contributed by atoms with Gasteiger partial charge in [0.15, 0.2) is 0 Å². The maximum absolute atomic E-state index is 12.8. The van der Waals surface area contributed by atoms with Gasteiger partial charge in [-0.05, 0) is 0 Å². The summed E-state index contributed by atoms with van der Waals surface area (Å²) >= 11 is 4.66. The van der Waals surface area contributed by atoms with Crippen molar-refractivity contribution in [1.29, 1.82) is 0 Å². The van der Waals surface area contributed by atoms with Crippen LogP contribution in [0, 0.1) is 0 Å². The smallest absolute Gasteiger partial charge is 0.415 e. The number of ether oxygens (including phenoxy) is 3. The predicted molar refractivity (Wildman–Crippen MR) is 60.7 cm³/mol. The zero-order valence-corrected chi connectivity index (χ0v) is 11.3. The van der Waals surface area contributed by atoms with Crippen molar-refractivity contribution in [2.45, 2.75) is 5.25 Å². The molecule has 0 amide bonds. The molecule has 0 saturated heterocycles. The highest BCUT2D eigenvalue weighted by atomic mass is 35.5. The van der Waals surface area contributed by atoms with Crippen LogP contribution in [0.4, 0.5) is 8.78 Å². The van der Waals surface area contributed by atoms with E-state index in [1.807, 2.05) is 0 Å². The fraction of sp³-hybridized carbons (Fsp3) is 0.875. The highest BCUT2D eigenvalue weighted by Crippen LogP contribution is 2.31. The first-order valence-electron chi connectivity index (χ1n) is 4.97. The predicted octanol–water partition coefficient (Wildman–Crippen LogP) is 1.46. The first-order chi connectivity index (χ1) is 9.04. The average Bonchev–Trinajstić information content (AvgIpc) is 2.39. The minimum atomic E-state index is -3.99. The van der Waals surface area contributed by atoms with Gasteiger partial charge in [0.25, 0.3) is 0 Å². The molecule has 1 N–H and O–H groups in total. The molecule has 0 spiro atoms. The normalized spacial score (nSPS) is 11.6. The van der Waals surface area contributed by atoms with Crippen molar-refractivity contribution in [1.82, 2.24) is 0 Å². The molecule has 0 aliphatic rings. The van der Waals surface area contributed by atoms with E-state index in [4.69, 9.17) is 26.3 Å². The first kappa shape index (κ1) is 18.8. The summed E-state index contributed by atoms with van der Waals surface area (Å²) in [6.45, 7) is 0.490. The van der Waals surface area contributed by atoms with Gasteiger partial charge in [-0.2, -0.15) is 8.78 Å². The molecule has 0 fully saturated rings. The summed E-state index contributed by atoms with van der Waals surface area (Å²) in [4.78, 5) is 10.8. The monoisotopic (exact) mass is 326 g/mol. The van der Waals surface area contributed by atoms with E-state index in [-0.39, 0.29) is 19.8 Å². The molecule has 0 aromatic carbocycles. The van der Waals surface area contributed by atoms with Crippen LogP contribution in [-0.2, 0) is 28.4 Å². The van der Waals surface area contributed by atoms with Crippen molar-refractivity contribution >= 4 is 29.6 Å². The Bertz CT molecular complexity index is 247. The van der Waals surface area contributed by atoms with Crippen LogP contribution in [0.25, 0.3) is 0 Å². The second-order valence-corrected chi connectivity index (χ2v) is 3.99. The van der Waals surface area contributed by atoms with E-state index >= 15 is 0 Å². The number of carbonyl (C=O) groups is 1. The number of hydrogen-bond donors (Lipinski definition) is 1. The summed E-state index contributed by atoms with van der Waals surface area (Å²) in [5, 5.41) is 6.63. The third-order valence-corrected chi connectivity index (χ3v) is 2.12. The van der Waals surface area contributed by atoms with Gasteiger partial charge in [-0.15, -0.1) is 15.9 Å². The summed E-state index contributed by atoms with van der Waals surface area (Å²) < 4.78 is 43.2. The third kappa shape index (κ3) is 10.2. The fourth-order valence-electron chi connectivity index (χ4n) is 0.746. The van der Waals surface area contributed by atoms with Crippen LogP contribution in [0.2, 0.25) is 0 Å². The van der Waals surface area contributed by atoms with Crippen molar-refractivity contribution in [2.75, 3.05) is 38.9 Å². The molecule has 0 aliphatic heterocycles. The van der Waals surface area contributed by atoms with Crippen LogP contribution in [0.1, 0.15) is 0 Å². The topological polar surface area (TPSA) is 83.5 Å². The number of esters is 1. The zero-order chi connectivity index (χ0) is 14.6. The largest absolute Gasteiger partial charge is 0.458 e. The fourth-order valence-corrected chi connectivity index (χ4v) is 1.10. The zero-order valence-electron chi connectivity index (χ0n) is 9.68. The lowest BCUT2D eigenvalue weighted by molar-refractivity contribution is -0.433. The molecular formula is C8H13ClF2O7S. The summed E-state index contributed by atoms with van der Waals surface area (Å²) in [5.41, 5.74) is 0. The van der Waals surface area contributed by atoms with Crippen LogP contribution in [0.5, 0.6) is 0 Å². The minimum Gasteiger partial charge on any atom is -0.458 e. The van der Waals surface area contributed by atoms with E-state index in [9.17, 15) is 13.6 Å². The van der Waals surface area contributed by atoms with Crippen molar-refractivity contribution in [3.8, 4) is 0 Å². The van der Waals surface area contributed by atoms with Crippen LogP contribution >= 0.6 is 23.6 Å². The molecule has 19 heavy (non-hydrogen) atoms. The number of rotatable bonds is 12. The van der Waals surface area contributed by atoms with Gasteiger partial charge in [0.05, 0.1) is 26.4 Å². The van der Waals surface area contributed by atoms with Crippen LogP contribution in [0.15, 0.2) is 0 Å². The van der Waals surface area contributed by atoms with Crippen LogP contribution < -0.4 is 0 Å². The molecule has 0 heterocycles. The van der Waals surface area contributed by atoms with Gasteiger partial charge in [0.2, 0.25) is 0 Å². The van der Waals surface area contributed by atoms with E-state index in [0.29, 0.717) is 19.1 Å². The minimum absolute atomic E-state index is 0.0614. The average molecular weight is 327 g/mol. The van der Waals surface area contributed by atoms with Crippen molar-refractivity contribution < 1.29 is 42.4 Å². The number of carbonyl (C=O) groups excluding carboxylic acids is 1. The molecular weight excluding hydrogens is 314 g/mol. The summed E-state index contributed by atoms with van der Waals surface area (Å²) in [7, 11) is 0. The van der Waals surface area contributed by atoms with Crippen molar-refractivity contribution in [2.24, 2.45) is 0 Å². The highest BCUT2D eigenvalue weighted by molar-refractivity contribution is 7.96. The summed E-state index contributed by atoms with van der Waals surface area (Å²) in [6, 6.07) is 0. The number of hydrogen-bond acceptors (Lipinski definition) is 8. The molecule has 0 aromatic heterocycles. The van der Waals surface area contributed by atoms with Gasteiger partial charge in [0, 0.05) is 5.88 Å². The maximum atomic E-state index is 12.8. The van der Waals surface area contributed by atoms with Crippen molar-refractivity contribution in [3.05, 3.63) is 0 Å². The molecule has 7 nitrogen and oxygen atoms in total. The lowest BCUT2D eigenvalue weighted by Crippen LogP contribution is -2.28. The standard InChI is InChI=1S/C8H13ClF2O7S/c9-1-2-14-3-4-15-5-6-16-7(12)8(10,11)19-18-17-13/h13H,1-6H2. The van der Waals surface area contributed by atoms with Crippen molar-refractivity contribution in [3.63, 3.8) is 0 Å². The van der Waals surface area contributed by atoms with Gasteiger partial charge in [0.1, 0.15) is 18.6 Å². The quantitative estimate of drug-likeness (QED) is 0.144. The highest BCUT2D eigenvalue weighted by Gasteiger charge is 2.44. The maximum Gasteiger partial charge on any atom is 0.415 e. The molecule has 0 aromatic rings. The molecule has 0 radical (unpaired) electrons. The Labute approximate surface area is 117 Å². The molecule has 0 saturated carbocycles. The molecule has 0 aliphatic carbocycles. The lowest BCUT2D eigenvalue weighted by Gasteiger charge is -2.12. The second kappa shape index (κ2) is 11.6. The molecule has 0 bridgehead atoms. The lowest BCUT2D eigenvalue weighted by atomic mass is 10.6. The SMILES string of the molecule is O=C(OCCOCCOCCCl)C(F)(F)SOOO. The Kier molecular flexibility index (Phi) is 11.4. The summed E-state index contributed by atoms with van der Waals surface area (Å²) in [5.74, 6) is -1.47. The third-order valence-electron chi connectivity index (χ3n) is 1.46. The first-order valence-corrected chi connectivity index (χ1v) is 6.24. The van der Waals surface area contributed by atoms with E-state index in [2.05, 4.69) is 14.1 Å². The van der Waals surface area contributed by atoms with Gasteiger partial charge in [-0.3, -0.25) is 0 Å².